The topological polar surface area (TPSA) is 46.3 Å². The number of hydrogen-bond donors (Lipinski definition) is 1. The summed E-state index contributed by atoms with van der Waals surface area (Å²) < 4.78 is 0. The third-order valence-electron chi connectivity index (χ3n) is 2.82. The number of carbonyl (C=O) groups is 1. The summed E-state index contributed by atoms with van der Waals surface area (Å²) in [6, 6.07) is 5.01. The average Bonchev–Trinajstić information content (AvgIpc) is 3.05. The van der Waals surface area contributed by atoms with Crippen molar-refractivity contribution in [3.63, 3.8) is 0 Å². The van der Waals surface area contributed by atoms with Crippen LogP contribution in [-0.2, 0) is 0 Å². The SMILES string of the molecule is CN(CC1CC1)C(=O)c1ccc(N)c(Cl)c1. The maximum absolute atomic E-state index is 12.0. The molecule has 1 saturated carbocycles. The minimum absolute atomic E-state index is 0.00815. The Bertz CT molecular complexity index is 415. The molecule has 16 heavy (non-hydrogen) atoms. The highest BCUT2D eigenvalue weighted by Crippen LogP contribution is 2.30. The molecule has 0 aliphatic heterocycles. The van der Waals surface area contributed by atoms with Crippen LogP contribution < -0.4 is 5.73 Å². The third kappa shape index (κ3) is 2.47. The van der Waals surface area contributed by atoms with E-state index in [0.717, 1.165) is 6.54 Å². The summed E-state index contributed by atoms with van der Waals surface area (Å²) in [4.78, 5) is 13.7. The lowest BCUT2D eigenvalue weighted by Gasteiger charge is -2.17. The Morgan fingerprint density at radius 1 is 1.56 bits per heavy atom. The molecule has 1 aliphatic rings. The molecule has 0 heterocycles. The summed E-state index contributed by atoms with van der Waals surface area (Å²) in [5, 5.41) is 0.436. The molecule has 86 valence electrons. The maximum Gasteiger partial charge on any atom is 0.253 e. The lowest BCUT2D eigenvalue weighted by Crippen LogP contribution is -2.28. The van der Waals surface area contributed by atoms with Gasteiger partial charge in [-0.25, -0.2) is 0 Å². The van der Waals surface area contributed by atoms with Gasteiger partial charge in [0.15, 0.2) is 0 Å². The van der Waals surface area contributed by atoms with Crippen molar-refractivity contribution in [2.75, 3.05) is 19.3 Å². The molecule has 0 atom stereocenters. The molecule has 0 spiro atoms. The number of nitrogen functional groups attached to an aromatic ring is 1. The highest BCUT2D eigenvalue weighted by atomic mass is 35.5. The molecule has 0 bridgehead atoms. The first kappa shape index (κ1) is 11.3. The zero-order valence-electron chi connectivity index (χ0n) is 9.24. The van der Waals surface area contributed by atoms with Crippen molar-refractivity contribution in [1.82, 2.24) is 4.90 Å². The molecule has 2 N–H and O–H groups in total. The van der Waals surface area contributed by atoms with Crippen LogP contribution in [0, 0.1) is 5.92 Å². The summed E-state index contributed by atoms with van der Waals surface area (Å²) >= 11 is 5.88. The number of amides is 1. The highest BCUT2D eigenvalue weighted by Gasteiger charge is 2.25. The molecule has 1 aromatic rings. The first-order valence-corrected chi connectivity index (χ1v) is 5.76. The zero-order chi connectivity index (χ0) is 11.7. The van der Waals surface area contributed by atoms with Crippen LogP contribution in [0.4, 0.5) is 5.69 Å². The molecule has 1 aliphatic carbocycles. The fourth-order valence-electron chi connectivity index (χ4n) is 1.65. The van der Waals surface area contributed by atoms with Crippen LogP contribution in [0.5, 0.6) is 0 Å². The number of nitrogens with zero attached hydrogens (tertiary/aromatic N) is 1. The van der Waals surface area contributed by atoms with E-state index in [4.69, 9.17) is 17.3 Å². The van der Waals surface area contributed by atoms with Crippen molar-refractivity contribution in [3.8, 4) is 0 Å². The summed E-state index contributed by atoms with van der Waals surface area (Å²) in [5.74, 6) is 0.701. The maximum atomic E-state index is 12.0. The molecule has 0 saturated heterocycles. The molecular weight excluding hydrogens is 224 g/mol. The number of rotatable bonds is 3. The predicted molar refractivity (Wildman–Crippen MR) is 65.5 cm³/mol. The Morgan fingerprint density at radius 3 is 2.81 bits per heavy atom. The van der Waals surface area contributed by atoms with E-state index in [1.165, 1.54) is 12.8 Å². The number of nitrogens with two attached hydrogens (primary N) is 1. The van der Waals surface area contributed by atoms with Gasteiger partial charge < -0.3 is 10.6 Å². The van der Waals surface area contributed by atoms with Gasteiger partial charge in [0, 0.05) is 19.2 Å². The fourth-order valence-corrected chi connectivity index (χ4v) is 1.83. The van der Waals surface area contributed by atoms with Crippen LogP contribution in [0.2, 0.25) is 5.02 Å². The Labute approximate surface area is 100 Å². The Morgan fingerprint density at radius 2 is 2.25 bits per heavy atom. The van der Waals surface area contributed by atoms with E-state index < -0.39 is 0 Å². The van der Waals surface area contributed by atoms with Gasteiger partial charge in [-0.2, -0.15) is 0 Å². The van der Waals surface area contributed by atoms with Crippen LogP contribution >= 0.6 is 11.6 Å². The zero-order valence-corrected chi connectivity index (χ0v) is 10.00. The summed E-state index contributed by atoms with van der Waals surface area (Å²) in [6.45, 7) is 0.834. The summed E-state index contributed by atoms with van der Waals surface area (Å²) in [6.07, 6.45) is 2.47. The van der Waals surface area contributed by atoms with E-state index in [2.05, 4.69) is 0 Å². The molecule has 3 nitrogen and oxygen atoms in total. The van der Waals surface area contributed by atoms with Crippen LogP contribution in [0.1, 0.15) is 23.2 Å². The van der Waals surface area contributed by atoms with Gasteiger partial charge in [0.05, 0.1) is 10.7 Å². The molecule has 2 rings (SSSR count). The number of halogens is 1. The lowest BCUT2D eigenvalue weighted by atomic mass is 10.2. The standard InChI is InChI=1S/C12H15ClN2O/c1-15(7-8-2-3-8)12(16)9-4-5-11(14)10(13)6-9/h4-6,8H,2-3,7,14H2,1H3. The van der Waals surface area contributed by atoms with Gasteiger partial charge in [0.25, 0.3) is 5.91 Å². The molecule has 1 amide bonds. The van der Waals surface area contributed by atoms with Crippen molar-refractivity contribution >= 4 is 23.2 Å². The van der Waals surface area contributed by atoms with Crippen molar-refractivity contribution in [1.29, 1.82) is 0 Å². The first-order valence-electron chi connectivity index (χ1n) is 5.38. The van der Waals surface area contributed by atoms with Gasteiger partial charge in [0.2, 0.25) is 0 Å². The molecule has 0 aromatic heterocycles. The van der Waals surface area contributed by atoms with Gasteiger partial charge in [-0.15, -0.1) is 0 Å². The monoisotopic (exact) mass is 238 g/mol. The Hall–Kier alpha value is -1.22. The molecule has 0 radical (unpaired) electrons. The van der Waals surface area contributed by atoms with Crippen LogP contribution in [0.25, 0.3) is 0 Å². The van der Waals surface area contributed by atoms with Gasteiger partial charge in [0.1, 0.15) is 0 Å². The number of anilines is 1. The predicted octanol–water partition coefficient (Wildman–Crippen LogP) is 2.40. The smallest absolute Gasteiger partial charge is 0.253 e. The van der Waals surface area contributed by atoms with Gasteiger partial charge in [-0.05, 0) is 37.0 Å². The average molecular weight is 239 g/mol. The Balaban J connectivity index is 2.09. The Kier molecular flexibility index (Phi) is 3.06. The fraction of sp³-hybridized carbons (Fsp3) is 0.417. The van der Waals surface area contributed by atoms with E-state index in [-0.39, 0.29) is 5.91 Å². The second-order valence-corrected chi connectivity index (χ2v) is 4.77. The van der Waals surface area contributed by atoms with Crippen LogP contribution in [-0.4, -0.2) is 24.4 Å². The van der Waals surface area contributed by atoms with Crippen molar-refractivity contribution < 1.29 is 4.79 Å². The second kappa shape index (κ2) is 4.34. The minimum Gasteiger partial charge on any atom is -0.398 e. The normalized spacial score (nSPS) is 14.9. The van der Waals surface area contributed by atoms with Crippen LogP contribution in [0.3, 0.4) is 0 Å². The van der Waals surface area contributed by atoms with Crippen molar-refractivity contribution in [2.45, 2.75) is 12.8 Å². The van der Waals surface area contributed by atoms with Gasteiger partial charge in [-0.3, -0.25) is 4.79 Å². The summed E-state index contributed by atoms with van der Waals surface area (Å²) in [5.41, 5.74) is 6.70. The largest absolute Gasteiger partial charge is 0.398 e. The molecule has 1 fully saturated rings. The number of benzene rings is 1. The lowest BCUT2D eigenvalue weighted by molar-refractivity contribution is 0.0788. The second-order valence-electron chi connectivity index (χ2n) is 4.37. The molecule has 0 unspecified atom stereocenters. The number of carbonyl (C=O) groups excluding carboxylic acids is 1. The van der Waals surface area contributed by atoms with Crippen molar-refractivity contribution in [3.05, 3.63) is 28.8 Å². The van der Waals surface area contributed by atoms with E-state index in [1.54, 1.807) is 23.1 Å². The highest BCUT2D eigenvalue weighted by molar-refractivity contribution is 6.33. The number of hydrogen-bond acceptors (Lipinski definition) is 2. The summed E-state index contributed by atoms with van der Waals surface area (Å²) in [7, 11) is 1.82. The van der Waals surface area contributed by atoms with E-state index in [9.17, 15) is 4.79 Å². The minimum atomic E-state index is 0.00815. The van der Waals surface area contributed by atoms with Crippen LogP contribution in [0.15, 0.2) is 18.2 Å². The van der Waals surface area contributed by atoms with Gasteiger partial charge >= 0.3 is 0 Å². The molecular formula is C12H15ClN2O. The molecule has 1 aromatic carbocycles. The van der Waals surface area contributed by atoms with E-state index >= 15 is 0 Å². The van der Waals surface area contributed by atoms with E-state index in [1.807, 2.05) is 7.05 Å². The first-order chi connectivity index (χ1) is 7.58. The quantitative estimate of drug-likeness (QED) is 0.822. The van der Waals surface area contributed by atoms with E-state index in [0.29, 0.717) is 22.2 Å². The molecule has 4 heteroatoms. The third-order valence-corrected chi connectivity index (χ3v) is 3.15. The van der Waals surface area contributed by atoms with Crippen molar-refractivity contribution in [2.24, 2.45) is 5.92 Å². The van der Waals surface area contributed by atoms with Gasteiger partial charge in [-0.1, -0.05) is 11.6 Å².